The van der Waals surface area contributed by atoms with Gasteiger partial charge in [0.2, 0.25) is 0 Å². The summed E-state index contributed by atoms with van der Waals surface area (Å²) >= 11 is 0. The first-order chi connectivity index (χ1) is 12.5. The molecule has 2 heterocycles. The third-order valence-electron chi connectivity index (χ3n) is 4.55. The van der Waals surface area contributed by atoms with Crippen LogP contribution in [0.2, 0.25) is 0 Å². The molecule has 1 fully saturated rings. The molecule has 1 aliphatic rings. The molecule has 8 heteroatoms. The van der Waals surface area contributed by atoms with Gasteiger partial charge in [-0.15, -0.1) is 0 Å². The molecule has 1 aliphatic heterocycles. The van der Waals surface area contributed by atoms with Gasteiger partial charge in [0.05, 0.1) is 28.0 Å². The summed E-state index contributed by atoms with van der Waals surface area (Å²) in [7, 11) is -1.60. The van der Waals surface area contributed by atoms with Crippen LogP contribution in [0.15, 0.2) is 47.6 Å². The fourth-order valence-electron chi connectivity index (χ4n) is 3.12. The van der Waals surface area contributed by atoms with Gasteiger partial charge in [0, 0.05) is 26.4 Å². The van der Waals surface area contributed by atoms with E-state index in [1.165, 1.54) is 6.20 Å². The molecule has 2 atom stereocenters. The standard InChI is InChI=1S/C18H23N3O4S/c1-21-13-14(12-20-21)18(22)19-9-7-15-11-17(8-10-25-15)26(23,24)16-5-3-2-4-6-16/h2-6,12-13,15,17H,7-11H2,1H3,(H,19,22)/t15-,17+/m1/s1. The lowest BCUT2D eigenvalue weighted by Crippen LogP contribution is -2.36. The molecule has 0 aliphatic carbocycles. The summed E-state index contributed by atoms with van der Waals surface area (Å²) in [5.41, 5.74) is 0.501. The van der Waals surface area contributed by atoms with Crippen LogP contribution >= 0.6 is 0 Å². The summed E-state index contributed by atoms with van der Waals surface area (Å²) in [6.45, 7) is 0.842. The number of hydrogen-bond donors (Lipinski definition) is 1. The largest absolute Gasteiger partial charge is 0.378 e. The Balaban J connectivity index is 1.53. The first kappa shape index (κ1) is 18.6. The quantitative estimate of drug-likeness (QED) is 0.825. The monoisotopic (exact) mass is 377 g/mol. The maximum Gasteiger partial charge on any atom is 0.254 e. The lowest BCUT2D eigenvalue weighted by atomic mass is 10.1. The van der Waals surface area contributed by atoms with Crippen molar-refractivity contribution in [2.45, 2.75) is 35.5 Å². The highest BCUT2D eigenvalue weighted by Gasteiger charge is 2.33. The molecule has 1 aromatic carbocycles. The second kappa shape index (κ2) is 8.01. The predicted octanol–water partition coefficient (Wildman–Crippen LogP) is 1.56. The van der Waals surface area contributed by atoms with Gasteiger partial charge in [-0.1, -0.05) is 18.2 Å². The molecule has 1 amide bonds. The maximum atomic E-state index is 12.8. The molecule has 26 heavy (non-hydrogen) atoms. The van der Waals surface area contributed by atoms with Crippen LogP contribution in [0.1, 0.15) is 29.6 Å². The van der Waals surface area contributed by atoms with Crippen molar-refractivity contribution in [2.24, 2.45) is 7.05 Å². The SMILES string of the molecule is Cn1cc(C(=O)NCC[C@@H]2C[C@@H](S(=O)(=O)c3ccccc3)CCO2)cn1. The highest BCUT2D eigenvalue weighted by Crippen LogP contribution is 2.27. The summed E-state index contributed by atoms with van der Waals surface area (Å²) in [6, 6.07) is 8.54. The van der Waals surface area contributed by atoms with Crippen molar-refractivity contribution < 1.29 is 17.9 Å². The molecule has 0 saturated carbocycles. The average Bonchev–Trinajstić information content (AvgIpc) is 3.09. The number of ether oxygens (including phenoxy) is 1. The Labute approximate surface area is 153 Å². The first-order valence-corrected chi connectivity index (χ1v) is 10.2. The second-order valence-corrected chi connectivity index (χ2v) is 8.67. The Hall–Kier alpha value is -2.19. The number of aromatic nitrogens is 2. The third-order valence-corrected chi connectivity index (χ3v) is 6.78. The number of carbonyl (C=O) groups is 1. The van der Waals surface area contributed by atoms with E-state index in [2.05, 4.69) is 10.4 Å². The van der Waals surface area contributed by atoms with Gasteiger partial charge < -0.3 is 10.1 Å². The molecule has 140 valence electrons. The van der Waals surface area contributed by atoms with Crippen LogP contribution in [0, 0.1) is 0 Å². The van der Waals surface area contributed by atoms with Gasteiger partial charge in [0.15, 0.2) is 9.84 Å². The van der Waals surface area contributed by atoms with Crippen molar-refractivity contribution in [1.29, 1.82) is 0 Å². The predicted molar refractivity (Wildman–Crippen MR) is 96.5 cm³/mol. The number of carbonyl (C=O) groups excluding carboxylic acids is 1. The van der Waals surface area contributed by atoms with Gasteiger partial charge in [-0.05, 0) is 31.4 Å². The number of aryl methyl sites for hydroxylation is 1. The highest BCUT2D eigenvalue weighted by molar-refractivity contribution is 7.92. The molecule has 0 unspecified atom stereocenters. The van der Waals surface area contributed by atoms with Gasteiger partial charge in [-0.2, -0.15) is 5.10 Å². The van der Waals surface area contributed by atoms with Crippen LogP contribution in [-0.2, 0) is 21.6 Å². The minimum absolute atomic E-state index is 0.179. The van der Waals surface area contributed by atoms with E-state index < -0.39 is 15.1 Å². The molecule has 3 rings (SSSR count). The average molecular weight is 377 g/mol. The zero-order valence-electron chi connectivity index (χ0n) is 14.7. The lowest BCUT2D eigenvalue weighted by Gasteiger charge is -2.29. The van der Waals surface area contributed by atoms with E-state index in [9.17, 15) is 13.2 Å². The minimum atomic E-state index is -3.35. The summed E-state index contributed by atoms with van der Waals surface area (Å²) in [5.74, 6) is -0.192. The topological polar surface area (TPSA) is 90.3 Å². The number of benzene rings is 1. The van der Waals surface area contributed by atoms with E-state index in [4.69, 9.17) is 4.74 Å². The van der Waals surface area contributed by atoms with E-state index >= 15 is 0 Å². The van der Waals surface area contributed by atoms with Crippen molar-refractivity contribution in [1.82, 2.24) is 15.1 Å². The van der Waals surface area contributed by atoms with Crippen molar-refractivity contribution in [2.75, 3.05) is 13.2 Å². The number of amides is 1. The van der Waals surface area contributed by atoms with E-state index in [1.807, 2.05) is 0 Å². The Bertz CT molecular complexity index is 848. The summed E-state index contributed by atoms with van der Waals surface area (Å²) in [5, 5.41) is 6.34. The van der Waals surface area contributed by atoms with Crippen molar-refractivity contribution in [3.63, 3.8) is 0 Å². The Kier molecular flexibility index (Phi) is 5.73. The lowest BCUT2D eigenvalue weighted by molar-refractivity contribution is 0.0132. The third kappa shape index (κ3) is 4.31. The zero-order chi connectivity index (χ0) is 18.6. The van der Waals surface area contributed by atoms with Gasteiger partial charge in [0.25, 0.3) is 5.91 Å². The Morgan fingerprint density at radius 1 is 1.35 bits per heavy atom. The minimum Gasteiger partial charge on any atom is -0.378 e. The molecule has 1 aromatic heterocycles. The summed E-state index contributed by atoms with van der Waals surface area (Å²) in [6.07, 6.45) is 4.49. The summed E-state index contributed by atoms with van der Waals surface area (Å²) < 4.78 is 32.8. The van der Waals surface area contributed by atoms with Crippen LogP contribution in [-0.4, -0.2) is 48.6 Å². The molecule has 1 N–H and O–H groups in total. The van der Waals surface area contributed by atoms with Crippen molar-refractivity contribution in [3.8, 4) is 0 Å². The number of nitrogens with zero attached hydrogens (tertiary/aromatic N) is 2. The number of nitrogens with one attached hydrogen (secondary N) is 1. The second-order valence-electron chi connectivity index (χ2n) is 6.44. The number of sulfone groups is 1. The molecule has 2 aromatic rings. The van der Waals surface area contributed by atoms with Crippen LogP contribution in [0.25, 0.3) is 0 Å². The fraction of sp³-hybridized carbons (Fsp3) is 0.444. The van der Waals surface area contributed by atoms with Crippen LogP contribution in [0.4, 0.5) is 0 Å². The zero-order valence-corrected chi connectivity index (χ0v) is 15.5. The number of hydrogen-bond acceptors (Lipinski definition) is 5. The molecule has 0 spiro atoms. The molecule has 7 nitrogen and oxygen atoms in total. The van der Waals surface area contributed by atoms with Gasteiger partial charge >= 0.3 is 0 Å². The van der Waals surface area contributed by atoms with E-state index in [-0.39, 0.29) is 12.0 Å². The smallest absolute Gasteiger partial charge is 0.254 e. The molecule has 0 radical (unpaired) electrons. The van der Waals surface area contributed by atoms with Gasteiger partial charge in [0.1, 0.15) is 0 Å². The van der Waals surface area contributed by atoms with E-state index in [1.54, 1.807) is 48.3 Å². The molecule has 0 bridgehead atoms. The fourth-order valence-corrected chi connectivity index (χ4v) is 4.91. The highest BCUT2D eigenvalue weighted by atomic mass is 32.2. The molecular weight excluding hydrogens is 354 g/mol. The van der Waals surface area contributed by atoms with E-state index in [0.717, 1.165) is 0 Å². The Morgan fingerprint density at radius 2 is 2.12 bits per heavy atom. The number of rotatable bonds is 6. The normalized spacial score (nSPS) is 20.7. The van der Waals surface area contributed by atoms with Crippen LogP contribution < -0.4 is 5.32 Å². The maximum absolute atomic E-state index is 12.8. The summed E-state index contributed by atoms with van der Waals surface area (Å²) in [4.78, 5) is 12.4. The van der Waals surface area contributed by atoms with Crippen LogP contribution in [0.3, 0.4) is 0 Å². The Morgan fingerprint density at radius 3 is 2.81 bits per heavy atom. The van der Waals surface area contributed by atoms with Crippen molar-refractivity contribution in [3.05, 3.63) is 48.3 Å². The molecule has 1 saturated heterocycles. The van der Waals surface area contributed by atoms with Gasteiger partial charge in [-0.3, -0.25) is 9.48 Å². The van der Waals surface area contributed by atoms with Gasteiger partial charge in [-0.25, -0.2) is 8.42 Å². The van der Waals surface area contributed by atoms with Crippen LogP contribution in [0.5, 0.6) is 0 Å². The molecular formula is C18H23N3O4S. The van der Waals surface area contributed by atoms with E-state index in [0.29, 0.717) is 42.9 Å². The van der Waals surface area contributed by atoms with Crippen molar-refractivity contribution >= 4 is 15.7 Å². The first-order valence-electron chi connectivity index (χ1n) is 8.64.